The zero-order valence-electron chi connectivity index (χ0n) is 10.0. The van der Waals surface area contributed by atoms with Crippen molar-refractivity contribution in [1.82, 2.24) is 4.98 Å². The van der Waals surface area contributed by atoms with Crippen molar-refractivity contribution in [3.8, 4) is 11.8 Å². The number of nitriles is 1. The van der Waals surface area contributed by atoms with Gasteiger partial charge in [0.25, 0.3) is 5.91 Å². The first-order valence-corrected chi connectivity index (χ1v) is 5.58. The van der Waals surface area contributed by atoms with Crippen molar-refractivity contribution in [2.45, 2.75) is 6.61 Å². The lowest BCUT2D eigenvalue weighted by Gasteiger charge is -2.09. The third kappa shape index (κ3) is 2.87. The highest BCUT2D eigenvalue weighted by Crippen LogP contribution is 2.19. The molecule has 1 amide bonds. The average Bonchev–Trinajstić information content (AvgIpc) is 2.45. The van der Waals surface area contributed by atoms with Gasteiger partial charge in [-0.25, -0.2) is 4.98 Å². The number of amides is 1. The topological polar surface area (TPSA) is 89.0 Å². The lowest BCUT2D eigenvalue weighted by atomic mass is 10.2. The number of carbonyl (C=O) groups is 1. The van der Waals surface area contributed by atoms with Crippen LogP contribution in [0.1, 0.15) is 21.6 Å². The Morgan fingerprint density at radius 2 is 2.11 bits per heavy atom. The van der Waals surface area contributed by atoms with E-state index in [1.807, 2.05) is 6.07 Å². The smallest absolute Gasteiger partial charge is 0.252 e. The minimum absolute atomic E-state index is 0.154. The van der Waals surface area contributed by atoms with Gasteiger partial charge in [0, 0.05) is 11.8 Å². The van der Waals surface area contributed by atoms with E-state index in [4.69, 9.17) is 15.7 Å². The van der Waals surface area contributed by atoms with Crippen LogP contribution in [-0.2, 0) is 6.61 Å². The standard InChI is InChI=1S/C14H11N3O2/c15-8-12-10(4-3-7-17-12)9-19-13-6-2-1-5-11(13)14(16)18/h1-7H,9H2,(H2,16,18). The molecule has 1 heterocycles. The highest BCUT2D eigenvalue weighted by Gasteiger charge is 2.09. The van der Waals surface area contributed by atoms with Gasteiger partial charge in [0.05, 0.1) is 5.56 Å². The number of para-hydroxylation sites is 1. The second-order valence-corrected chi connectivity index (χ2v) is 3.77. The van der Waals surface area contributed by atoms with Crippen LogP contribution in [0, 0.1) is 11.3 Å². The molecule has 0 bridgehead atoms. The molecule has 0 unspecified atom stereocenters. The summed E-state index contributed by atoms with van der Waals surface area (Å²) >= 11 is 0. The van der Waals surface area contributed by atoms with Crippen molar-refractivity contribution in [2.75, 3.05) is 0 Å². The van der Waals surface area contributed by atoms with E-state index in [1.165, 1.54) is 0 Å². The Hall–Kier alpha value is -2.87. The molecule has 0 fully saturated rings. The number of nitrogens with zero attached hydrogens (tertiary/aromatic N) is 2. The summed E-state index contributed by atoms with van der Waals surface area (Å²) in [6, 6.07) is 12.2. The predicted octanol–water partition coefficient (Wildman–Crippen LogP) is 1.63. The summed E-state index contributed by atoms with van der Waals surface area (Å²) < 4.78 is 5.54. The first-order valence-electron chi connectivity index (χ1n) is 5.58. The minimum Gasteiger partial charge on any atom is -0.488 e. The fourth-order valence-electron chi connectivity index (χ4n) is 1.61. The molecule has 1 aromatic carbocycles. The average molecular weight is 253 g/mol. The molecule has 19 heavy (non-hydrogen) atoms. The molecule has 1 aromatic heterocycles. The number of ether oxygens (including phenoxy) is 1. The maximum Gasteiger partial charge on any atom is 0.252 e. The number of carbonyl (C=O) groups excluding carboxylic acids is 1. The summed E-state index contributed by atoms with van der Waals surface area (Å²) in [7, 11) is 0. The van der Waals surface area contributed by atoms with E-state index in [0.29, 0.717) is 22.6 Å². The molecule has 2 rings (SSSR count). The Labute approximate surface area is 110 Å². The quantitative estimate of drug-likeness (QED) is 0.896. The molecule has 0 aliphatic carbocycles. The van der Waals surface area contributed by atoms with E-state index in [-0.39, 0.29) is 6.61 Å². The maximum absolute atomic E-state index is 11.2. The van der Waals surface area contributed by atoms with Gasteiger partial charge in [-0.3, -0.25) is 4.79 Å². The maximum atomic E-state index is 11.2. The Balaban J connectivity index is 2.20. The van der Waals surface area contributed by atoms with Gasteiger partial charge in [0.2, 0.25) is 0 Å². The fraction of sp³-hybridized carbons (Fsp3) is 0.0714. The summed E-state index contributed by atoms with van der Waals surface area (Å²) in [5, 5.41) is 8.92. The summed E-state index contributed by atoms with van der Waals surface area (Å²) in [4.78, 5) is 15.2. The zero-order valence-corrected chi connectivity index (χ0v) is 10.0. The van der Waals surface area contributed by atoms with Crippen LogP contribution in [0.25, 0.3) is 0 Å². The van der Waals surface area contributed by atoms with Gasteiger partial charge in [0.15, 0.2) is 0 Å². The summed E-state index contributed by atoms with van der Waals surface area (Å²) in [5.41, 5.74) is 6.53. The molecular formula is C14H11N3O2. The van der Waals surface area contributed by atoms with Crippen LogP contribution in [0.3, 0.4) is 0 Å². The van der Waals surface area contributed by atoms with Crippen LogP contribution in [-0.4, -0.2) is 10.9 Å². The molecule has 2 N–H and O–H groups in total. The van der Waals surface area contributed by atoms with Crippen molar-refractivity contribution in [1.29, 1.82) is 5.26 Å². The van der Waals surface area contributed by atoms with Gasteiger partial charge in [-0.2, -0.15) is 5.26 Å². The summed E-state index contributed by atoms with van der Waals surface area (Å²) in [5.74, 6) is -0.162. The number of rotatable bonds is 4. The number of aromatic nitrogens is 1. The second kappa shape index (κ2) is 5.65. The van der Waals surface area contributed by atoms with Crippen molar-refractivity contribution in [3.63, 3.8) is 0 Å². The summed E-state index contributed by atoms with van der Waals surface area (Å²) in [6.07, 6.45) is 1.54. The number of primary amides is 1. The van der Waals surface area contributed by atoms with E-state index < -0.39 is 5.91 Å². The first kappa shape index (κ1) is 12.6. The van der Waals surface area contributed by atoms with E-state index in [0.717, 1.165) is 0 Å². The zero-order chi connectivity index (χ0) is 13.7. The van der Waals surface area contributed by atoms with Crippen molar-refractivity contribution >= 4 is 5.91 Å². The molecule has 2 aromatic rings. The number of nitrogens with two attached hydrogens (primary N) is 1. The number of benzene rings is 1. The monoisotopic (exact) mass is 253 g/mol. The van der Waals surface area contributed by atoms with Crippen molar-refractivity contribution < 1.29 is 9.53 Å². The van der Waals surface area contributed by atoms with Crippen LogP contribution in [0.15, 0.2) is 42.6 Å². The minimum atomic E-state index is -0.553. The SMILES string of the molecule is N#Cc1ncccc1COc1ccccc1C(N)=O. The van der Waals surface area contributed by atoms with Gasteiger partial charge < -0.3 is 10.5 Å². The molecule has 5 heteroatoms. The normalized spacial score (nSPS) is 9.63. The fourth-order valence-corrected chi connectivity index (χ4v) is 1.61. The van der Waals surface area contributed by atoms with Gasteiger partial charge in [-0.05, 0) is 18.2 Å². The molecule has 94 valence electrons. The Morgan fingerprint density at radius 1 is 1.32 bits per heavy atom. The van der Waals surface area contributed by atoms with Crippen LogP contribution in [0.5, 0.6) is 5.75 Å². The molecule has 0 saturated heterocycles. The van der Waals surface area contributed by atoms with Gasteiger partial charge in [0.1, 0.15) is 24.1 Å². The highest BCUT2D eigenvalue weighted by atomic mass is 16.5. The van der Waals surface area contributed by atoms with Crippen LogP contribution in [0.2, 0.25) is 0 Å². The molecule has 0 aliphatic rings. The van der Waals surface area contributed by atoms with E-state index >= 15 is 0 Å². The Morgan fingerprint density at radius 3 is 2.84 bits per heavy atom. The van der Waals surface area contributed by atoms with Crippen LogP contribution >= 0.6 is 0 Å². The summed E-state index contributed by atoms with van der Waals surface area (Å²) in [6.45, 7) is 0.154. The molecule has 5 nitrogen and oxygen atoms in total. The molecule has 0 radical (unpaired) electrons. The van der Waals surface area contributed by atoms with E-state index in [9.17, 15) is 4.79 Å². The highest BCUT2D eigenvalue weighted by molar-refractivity contribution is 5.95. The van der Waals surface area contributed by atoms with E-state index in [2.05, 4.69) is 4.98 Å². The van der Waals surface area contributed by atoms with Gasteiger partial charge >= 0.3 is 0 Å². The van der Waals surface area contributed by atoms with Crippen molar-refractivity contribution in [3.05, 3.63) is 59.4 Å². The van der Waals surface area contributed by atoms with Gasteiger partial charge in [-0.1, -0.05) is 18.2 Å². The lowest BCUT2D eigenvalue weighted by Crippen LogP contribution is -2.13. The predicted molar refractivity (Wildman–Crippen MR) is 68.2 cm³/mol. The van der Waals surface area contributed by atoms with Crippen LogP contribution < -0.4 is 10.5 Å². The molecule has 0 atom stereocenters. The third-order valence-electron chi connectivity index (χ3n) is 2.53. The number of hydrogen-bond acceptors (Lipinski definition) is 4. The number of hydrogen-bond donors (Lipinski definition) is 1. The Kier molecular flexibility index (Phi) is 3.74. The number of pyridine rings is 1. The second-order valence-electron chi connectivity index (χ2n) is 3.77. The largest absolute Gasteiger partial charge is 0.488 e. The third-order valence-corrected chi connectivity index (χ3v) is 2.53. The first-order chi connectivity index (χ1) is 9.22. The molecule has 0 aliphatic heterocycles. The van der Waals surface area contributed by atoms with Crippen LogP contribution in [0.4, 0.5) is 0 Å². The molecule has 0 spiro atoms. The molecular weight excluding hydrogens is 242 g/mol. The van der Waals surface area contributed by atoms with Crippen molar-refractivity contribution in [2.24, 2.45) is 5.73 Å². The van der Waals surface area contributed by atoms with E-state index in [1.54, 1.807) is 42.6 Å². The lowest BCUT2D eigenvalue weighted by molar-refractivity contribution is 0.0996. The molecule has 0 saturated carbocycles. The Bertz CT molecular complexity index is 647. The van der Waals surface area contributed by atoms with Gasteiger partial charge in [-0.15, -0.1) is 0 Å².